The normalized spacial score (nSPS) is 11.5. The van der Waals surface area contributed by atoms with Gasteiger partial charge >= 0.3 is 0 Å². The number of carbonyl (C=O) groups is 2. The maximum atomic E-state index is 12.2. The van der Waals surface area contributed by atoms with E-state index in [9.17, 15) is 9.59 Å². The van der Waals surface area contributed by atoms with Gasteiger partial charge in [-0.25, -0.2) is 0 Å². The van der Waals surface area contributed by atoms with Gasteiger partial charge in [0.25, 0.3) is 5.91 Å². The fraction of sp³-hybridized carbons (Fsp3) is 0.333. The molecule has 0 aliphatic carbocycles. The quantitative estimate of drug-likeness (QED) is 0.707. The van der Waals surface area contributed by atoms with E-state index < -0.39 is 0 Å². The van der Waals surface area contributed by atoms with Gasteiger partial charge in [-0.2, -0.15) is 0 Å². The average Bonchev–Trinajstić information content (AvgIpc) is 2.61. The molecule has 1 atom stereocenters. The molecule has 5 nitrogen and oxygen atoms in total. The number of hydrogen-bond donors (Lipinski definition) is 3. The van der Waals surface area contributed by atoms with Gasteiger partial charge in [-0.05, 0) is 62.6 Å². The molecule has 0 saturated carbocycles. The van der Waals surface area contributed by atoms with Gasteiger partial charge < -0.3 is 16.0 Å². The van der Waals surface area contributed by atoms with Crippen LogP contribution in [0.3, 0.4) is 0 Å². The van der Waals surface area contributed by atoms with Crippen LogP contribution < -0.4 is 16.0 Å². The Morgan fingerprint density at radius 1 is 1.00 bits per heavy atom. The maximum Gasteiger partial charge on any atom is 0.251 e. The van der Waals surface area contributed by atoms with Crippen molar-refractivity contribution in [2.24, 2.45) is 0 Å². The molecular formula is C21H27N3O2. The molecule has 2 aromatic rings. The van der Waals surface area contributed by atoms with Crippen LogP contribution in [0.25, 0.3) is 0 Å². The van der Waals surface area contributed by atoms with Crippen LogP contribution in [-0.4, -0.2) is 24.4 Å². The lowest BCUT2D eigenvalue weighted by atomic mass is 10.1. The summed E-state index contributed by atoms with van der Waals surface area (Å²) < 4.78 is 0. The molecule has 3 N–H and O–H groups in total. The molecule has 138 valence electrons. The Morgan fingerprint density at radius 2 is 1.62 bits per heavy atom. The van der Waals surface area contributed by atoms with Crippen molar-refractivity contribution in [3.05, 3.63) is 59.2 Å². The molecule has 0 aliphatic rings. The van der Waals surface area contributed by atoms with Crippen molar-refractivity contribution in [1.29, 1.82) is 0 Å². The number of carbonyl (C=O) groups excluding carboxylic acids is 2. The predicted molar refractivity (Wildman–Crippen MR) is 107 cm³/mol. The summed E-state index contributed by atoms with van der Waals surface area (Å²) in [6.45, 7) is 8.19. The highest BCUT2D eigenvalue weighted by Crippen LogP contribution is 2.19. The lowest BCUT2D eigenvalue weighted by Crippen LogP contribution is -2.31. The van der Waals surface area contributed by atoms with Crippen LogP contribution in [0.4, 0.5) is 11.4 Å². The Hall–Kier alpha value is -2.82. The summed E-state index contributed by atoms with van der Waals surface area (Å²) >= 11 is 0. The molecule has 2 rings (SSSR count). The van der Waals surface area contributed by atoms with E-state index in [1.54, 1.807) is 24.3 Å². The van der Waals surface area contributed by atoms with E-state index in [1.807, 2.05) is 45.9 Å². The molecule has 1 unspecified atom stereocenters. The second-order valence-corrected chi connectivity index (χ2v) is 6.53. The smallest absolute Gasteiger partial charge is 0.251 e. The summed E-state index contributed by atoms with van der Waals surface area (Å²) in [5.74, 6) is -0.238. The van der Waals surface area contributed by atoms with E-state index in [-0.39, 0.29) is 24.4 Å². The molecule has 0 aliphatic heterocycles. The third kappa shape index (κ3) is 5.34. The Labute approximate surface area is 155 Å². The second kappa shape index (κ2) is 9.04. The monoisotopic (exact) mass is 353 g/mol. The lowest BCUT2D eigenvalue weighted by molar-refractivity contribution is -0.114. The van der Waals surface area contributed by atoms with Crippen LogP contribution in [-0.2, 0) is 4.79 Å². The van der Waals surface area contributed by atoms with E-state index in [4.69, 9.17) is 0 Å². The zero-order valence-electron chi connectivity index (χ0n) is 15.8. The number of amides is 2. The Kier molecular flexibility index (Phi) is 6.78. The van der Waals surface area contributed by atoms with Crippen molar-refractivity contribution in [1.82, 2.24) is 5.32 Å². The van der Waals surface area contributed by atoms with Gasteiger partial charge in [0.05, 0.1) is 6.54 Å². The maximum absolute atomic E-state index is 12.2. The van der Waals surface area contributed by atoms with Gasteiger partial charge in [-0.3, -0.25) is 9.59 Å². The SMILES string of the molecule is CCC(C)NC(=O)c1ccc(NC(=O)CNc2c(C)cccc2C)cc1. The molecule has 0 saturated heterocycles. The Bertz CT molecular complexity index is 749. The summed E-state index contributed by atoms with van der Waals surface area (Å²) in [5, 5.41) is 8.94. The number of aryl methyl sites for hydroxylation is 2. The number of para-hydroxylation sites is 1. The number of rotatable bonds is 7. The highest BCUT2D eigenvalue weighted by Gasteiger charge is 2.09. The van der Waals surface area contributed by atoms with Gasteiger partial charge in [-0.15, -0.1) is 0 Å². The standard InChI is InChI=1S/C21H27N3O2/c1-5-16(4)23-21(26)17-9-11-18(12-10-17)24-19(25)13-22-20-14(2)7-6-8-15(20)3/h6-12,16,22H,5,13H2,1-4H3,(H,23,26)(H,24,25). The first-order valence-corrected chi connectivity index (χ1v) is 8.91. The van der Waals surface area contributed by atoms with Crippen LogP contribution in [0.5, 0.6) is 0 Å². The highest BCUT2D eigenvalue weighted by molar-refractivity contribution is 5.96. The van der Waals surface area contributed by atoms with Gasteiger partial charge in [0.1, 0.15) is 0 Å². The van der Waals surface area contributed by atoms with Crippen molar-refractivity contribution in [3.63, 3.8) is 0 Å². The molecule has 26 heavy (non-hydrogen) atoms. The van der Waals surface area contributed by atoms with Crippen molar-refractivity contribution in [2.75, 3.05) is 17.2 Å². The van der Waals surface area contributed by atoms with Gasteiger partial charge in [0.15, 0.2) is 0 Å². The molecule has 2 aromatic carbocycles. The third-order valence-electron chi connectivity index (χ3n) is 4.33. The largest absolute Gasteiger partial charge is 0.376 e. The Morgan fingerprint density at radius 3 is 2.19 bits per heavy atom. The topological polar surface area (TPSA) is 70.2 Å². The molecule has 0 heterocycles. The molecule has 0 fully saturated rings. The van der Waals surface area contributed by atoms with Gasteiger partial charge in [0, 0.05) is 23.0 Å². The van der Waals surface area contributed by atoms with Crippen LogP contribution >= 0.6 is 0 Å². The minimum absolute atomic E-state index is 0.103. The third-order valence-corrected chi connectivity index (χ3v) is 4.33. The van der Waals surface area contributed by atoms with Crippen LogP contribution in [0.2, 0.25) is 0 Å². The van der Waals surface area contributed by atoms with Gasteiger partial charge in [0.2, 0.25) is 5.91 Å². The zero-order chi connectivity index (χ0) is 19.1. The summed E-state index contributed by atoms with van der Waals surface area (Å²) in [4.78, 5) is 24.2. The number of hydrogen-bond acceptors (Lipinski definition) is 3. The molecule has 5 heteroatoms. The molecule has 0 aromatic heterocycles. The summed E-state index contributed by atoms with van der Waals surface area (Å²) in [5.41, 5.74) is 4.44. The first-order chi connectivity index (χ1) is 12.4. The van der Waals surface area contributed by atoms with Crippen LogP contribution in [0.15, 0.2) is 42.5 Å². The van der Waals surface area contributed by atoms with E-state index in [0.717, 1.165) is 23.2 Å². The average molecular weight is 353 g/mol. The minimum Gasteiger partial charge on any atom is -0.376 e. The minimum atomic E-state index is -0.135. The van der Waals surface area contributed by atoms with Crippen molar-refractivity contribution >= 4 is 23.2 Å². The van der Waals surface area contributed by atoms with Crippen molar-refractivity contribution < 1.29 is 9.59 Å². The molecule has 0 spiro atoms. The Balaban J connectivity index is 1.90. The summed E-state index contributed by atoms with van der Waals surface area (Å²) in [6, 6.07) is 13.1. The van der Waals surface area contributed by atoms with E-state index >= 15 is 0 Å². The first kappa shape index (κ1) is 19.5. The number of benzene rings is 2. The fourth-order valence-corrected chi connectivity index (χ4v) is 2.58. The molecular weight excluding hydrogens is 326 g/mol. The lowest BCUT2D eigenvalue weighted by Gasteiger charge is -2.13. The second-order valence-electron chi connectivity index (χ2n) is 6.53. The molecule has 0 radical (unpaired) electrons. The van der Waals surface area contributed by atoms with E-state index in [2.05, 4.69) is 16.0 Å². The van der Waals surface area contributed by atoms with E-state index in [1.165, 1.54) is 0 Å². The molecule has 2 amide bonds. The number of nitrogens with one attached hydrogen (secondary N) is 3. The van der Waals surface area contributed by atoms with E-state index in [0.29, 0.717) is 11.3 Å². The number of anilines is 2. The fourth-order valence-electron chi connectivity index (χ4n) is 2.58. The van der Waals surface area contributed by atoms with Crippen molar-refractivity contribution in [2.45, 2.75) is 40.2 Å². The highest BCUT2D eigenvalue weighted by atomic mass is 16.2. The van der Waals surface area contributed by atoms with Crippen molar-refractivity contribution in [3.8, 4) is 0 Å². The van der Waals surface area contributed by atoms with Gasteiger partial charge in [-0.1, -0.05) is 25.1 Å². The predicted octanol–water partition coefficient (Wildman–Crippen LogP) is 3.88. The van der Waals surface area contributed by atoms with Crippen LogP contribution in [0.1, 0.15) is 41.8 Å². The summed E-state index contributed by atoms with van der Waals surface area (Å²) in [7, 11) is 0. The first-order valence-electron chi connectivity index (χ1n) is 8.91. The zero-order valence-corrected chi connectivity index (χ0v) is 15.8. The summed E-state index contributed by atoms with van der Waals surface area (Å²) in [6.07, 6.45) is 0.882. The molecule has 0 bridgehead atoms. The van der Waals surface area contributed by atoms with Crippen LogP contribution in [0, 0.1) is 13.8 Å².